The van der Waals surface area contributed by atoms with Crippen molar-refractivity contribution >= 4 is 5.91 Å². The van der Waals surface area contributed by atoms with Gasteiger partial charge in [0.2, 0.25) is 0 Å². The number of nitrogens with one attached hydrogen (secondary N) is 1. The molecule has 0 radical (unpaired) electrons. The molecule has 1 atom stereocenters. The van der Waals surface area contributed by atoms with Crippen molar-refractivity contribution in [3.63, 3.8) is 0 Å². The van der Waals surface area contributed by atoms with Crippen LogP contribution in [-0.2, 0) is 6.54 Å². The van der Waals surface area contributed by atoms with Gasteiger partial charge in [-0.15, -0.1) is 0 Å². The van der Waals surface area contributed by atoms with E-state index in [9.17, 15) is 4.79 Å². The summed E-state index contributed by atoms with van der Waals surface area (Å²) in [5, 5.41) is 7.90. The molecule has 0 fully saturated rings. The molecule has 3 aromatic carbocycles. The fourth-order valence-corrected chi connectivity index (χ4v) is 4.17. The number of methoxy groups -OCH3 is 1. The van der Waals surface area contributed by atoms with Gasteiger partial charge in [-0.2, -0.15) is 5.10 Å². The lowest BCUT2D eigenvalue weighted by atomic mass is 10.0. The maximum atomic E-state index is 13.5. The lowest BCUT2D eigenvalue weighted by Gasteiger charge is -2.21. The summed E-state index contributed by atoms with van der Waals surface area (Å²) < 4.78 is 18.7. The quantitative estimate of drug-likeness (QED) is 0.418. The van der Waals surface area contributed by atoms with Crippen LogP contribution >= 0.6 is 0 Å². The number of aromatic nitrogens is 2. The number of ether oxygens (including phenoxy) is 3. The van der Waals surface area contributed by atoms with Crippen LogP contribution in [0.4, 0.5) is 0 Å². The molecule has 7 nitrogen and oxygen atoms in total. The number of hydrogen-bond donors (Lipinski definition) is 1. The minimum atomic E-state index is -0.249. The number of nitrogens with zero attached hydrogens (tertiary/aromatic N) is 2. The first kappa shape index (κ1) is 22.5. The second kappa shape index (κ2) is 9.93. The summed E-state index contributed by atoms with van der Waals surface area (Å²) in [5.41, 5.74) is 3.84. The normalized spacial score (nSPS) is 13.2. The van der Waals surface area contributed by atoms with E-state index in [0.29, 0.717) is 42.5 Å². The van der Waals surface area contributed by atoms with Gasteiger partial charge in [-0.25, -0.2) is 0 Å². The number of carbonyl (C=O) groups excluding carboxylic acids is 1. The summed E-state index contributed by atoms with van der Waals surface area (Å²) >= 11 is 0. The van der Waals surface area contributed by atoms with Gasteiger partial charge in [0.05, 0.1) is 25.3 Å². The summed E-state index contributed by atoms with van der Waals surface area (Å²) in [6.45, 7) is 3.55. The van der Waals surface area contributed by atoms with Crippen molar-refractivity contribution < 1.29 is 19.0 Å². The Bertz CT molecular complexity index is 1330. The highest BCUT2D eigenvalue weighted by Crippen LogP contribution is 2.34. The van der Waals surface area contributed by atoms with Gasteiger partial charge < -0.3 is 19.5 Å². The molecule has 1 aromatic heterocycles. The molecule has 0 bridgehead atoms. The van der Waals surface area contributed by atoms with Crippen LogP contribution in [0.3, 0.4) is 0 Å². The van der Waals surface area contributed by atoms with Crippen molar-refractivity contribution in [1.82, 2.24) is 15.1 Å². The SMILES string of the molecule is COc1ccccc1-c1nn(Cc2ccccc2)cc1C(=O)N[C@@H](C)c1ccc2c(c1)OCCO2. The van der Waals surface area contributed by atoms with Gasteiger partial charge >= 0.3 is 0 Å². The maximum absolute atomic E-state index is 13.5. The van der Waals surface area contributed by atoms with Crippen molar-refractivity contribution in [2.24, 2.45) is 0 Å². The van der Waals surface area contributed by atoms with E-state index in [1.54, 1.807) is 18.0 Å². The molecule has 35 heavy (non-hydrogen) atoms. The van der Waals surface area contributed by atoms with E-state index in [4.69, 9.17) is 19.3 Å². The number of para-hydroxylation sites is 1. The minimum Gasteiger partial charge on any atom is -0.496 e. The number of hydrogen-bond acceptors (Lipinski definition) is 5. The number of amides is 1. The van der Waals surface area contributed by atoms with Crippen LogP contribution in [0.5, 0.6) is 17.2 Å². The summed E-state index contributed by atoms with van der Waals surface area (Å²) in [6, 6.07) is 23.1. The lowest BCUT2D eigenvalue weighted by Crippen LogP contribution is -2.27. The van der Waals surface area contributed by atoms with Gasteiger partial charge in [0.1, 0.15) is 24.7 Å². The molecule has 0 unspecified atom stereocenters. The highest BCUT2D eigenvalue weighted by molar-refractivity contribution is 6.00. The van der Waals surface area contributed by atoms with Crippen molar-refractivity contribution in [2.45, 2.75) is 19.5 Å². The van der Waals surface area contributed by atoms with Crippen LogP contribution in [0, 0.1) is 0 Å². The van der Waals surface area contributed by atoms with E-state index in [1.807, 2.05) is 79.7 Å². The Hall–Kier alpha value is -4.26. The Balaban J connectivity index is 1.45. The fraction of sp³-hybridized carbons (Fsp3) is 0.214. The highest BCUT2D eigenvalue weighted by Gasteiger charge is 2.23. The zero-order chi connectivity index (χ0) is 24.2. The zero-order valence-corrected chi connectivity index (χ0v) is 19.7. The average Bonchev–Trinajstić information content (AvgIpc) is 3.32. The molecular weight excluding hydrogens is 442 g/mol. The summed E-state index contributed by atoms with van der Waals surface area (Å²) in [4.78, 5) is 13.5. The maximum Gasteiger partial charge on any atom is 0.255 e. The predicted octanol–water partition coefficient (Wildman–Crippen LogP) is 4.87. The van der Waals surface area contributed by atoms with E-state index in [-0.39, 0.29) is 11.9 Å². The number of benzene rings is 3. The first-order valence-corrected chi connectivity index (χ1v) is 11.6. The number of carbonyl (C=O) groups is 1. The predicted molar refractivity (Wildman–Crippen MR) is 133 cm³/mol. The monoisotopic (exact) mass is 469 g/mol. The Morgan fingerprint density at radius 1 is 1.03 bits per heavy atom. The number of fused-ring (bicyclic) bond motifs is 1. The van der Waals surface area contributed by atoms with Crippen molar-refractivity contribution in [3.8, 4) is 28.5 Å². The third-order valence-corrected chi connectivity index (χ3v) is 5.97. The lowest BCUT2D eigenvalue weighted by molar-refractivity contribution is 0.0940. The van der Waals surface area contributed by atoms with Gasteiger partial charge in [-0.05, 0) is 42.3 Å². The molecule has 7 heteroatoms. The third-order valence-electron chi connectivity index (χ3n) is 5.97. The van der Waals surface area contributed by atoms with Crippen molar-refractivity contribution in [2.75, 3.05) is 20.3 Å². The summed E-state index contributed by atoms with van der Waals surface area (Å²) in [6.07, 6.45) is 1.79. The molecule has 0 spiro atoms. The molecule has 1 amide bonds. The molecule has 2 heterocycles. The Morgan fingerprint density at radius 2 is 1.77 bits per heavy atom. The molecule has 0 aliphatic carbocycles. The van der Waals surface area contributed by atoms with Gasteiger partial charge in [0.15, 0.2) is 11.5 Å². The van der Waals surface area contributed by atoms with Gasteiger partial charge in [-0.1, -0.05) is 48.5 Å². The number of rotatable bonds is 7. The van der Waals surface area contributed by atoms with E-state index in [0.717, 1.165) is 22.4 Å². The topological polar surface area (TPSA) is 74.6 Å². The van der Waals surface area contributed by atoms with E-state index >= 15 is 0 Å². The molecular formula is C28H27N3O4. The van der Waals surface area contributed by atoms with E-state index in [1.165, 1.54) is 0 Å². The molecule has 1 N–H and O–H groups in total. The second-order valence-corrected chi connectivity index (χ2v) is 8.37. The van der Waals surface area contributed by atoms with Gasteiger partial charge in [0.25, 0.3) is 5.91 Å². The Kier molecular flexibility index (Phi) is 6.39. The average molecular weight is 470 g/mol. The van der Waals surface area contributed by atoms with Gasteiger partial charge in [-0.3, -0.25) is 9.48 Å². The first-order chi connectivity index (χ1) is 17.1. The van der Waals surface area contributed by atoms with Crippen LogP contribution < -0.4 is 19.5 Å². The van der Waals surface area contributed by atoms with Crippen LogP contribution in [0.1, 0.15) is 34.5 Å². The largest absolute Gasteiger partial charge is 0.496 e. The standard InChI is InChI=1S/C28H27N3O4/c1-19(21-12-13-25-26(16-21)35-15-14-34-25)29-28(32)23-18-31(17-20-8-4-3-5-9-20)30-27(23)22-10-6-7-11-24(22)33-2/h3-13,16,18-19H,14-15,17H2,1-2H3,(H,29,32)/t19-/m0/s1. The van der Waals surface area contributed by atoms with E-state index in [2.05, 4.69) is 5.32 Å². The minimum absolute atomic E-state index is 0.215. The zero-order valence-electron chi connectivity index (χ0n) is 19.7. The third kappa shape index (κ3) is 4.84. The second-order valence-electron chi connectivity index (χ2n) is 8.37. The van der Waals surface area contributed by atoms with Crippen LogP contribution in [0.25, 0.3) is 11.3 Å². The smallest absolute Gasteiger partial charge is 0.255 e. The van der Waals surface area contributed by atoms with Gasteiger partial charge in [0, 0.05) is 11.8 Å². The van der Waals surface area contributed by atoms with Crippen LogP contribution in [0.2, 0.25) is 0 Å². The van der Waals surface area contributed by atoms with Crippen molar-refractivity contribution in [3.05, 3.63) is 95.7 Å². The highest BCUT2D eigenvalue weighted by atomic mass is 16.6. The van der Waals surface area contributed by atoms with Crippen LogP contribution in [0.15, 0.2) is 79.0 Å². The molecule has 1 aliphatic heterocycles. The summed E-state index contributed by atoms with van der Waals surface area (Å²) in [5.74, 6) is 1.86. The molecule has 0 saturated heterocycles. The molecule has 178 valence electrons. The Labute approximate surface area is 204 Å². The van der Waals surface area contributed by atoms with Crippen LogP contribution in [-0.4, -0.2) is 36.0 Å². The Morgan fingerprint density at radius 3 is 2.57 bits per heavy atom. The molecule has 1 aliphatic rings. The molecule has 4 aromatic rings. The van der Waals surface area contributed by atoms with E-state index < -0.39 is 0 Å². The molecule has 0 saturated carbocycles. The van der Waals surface area contributed by atoms with Crippen molar-refractivity contribution in [1.29, 1.82) is 0 Å². The first-order valence-electron chi connectivity index (χ1n) is 11.6. The molecule has 5 rings (SSSR count). The summed E-state index contributed by atoms with van der Waals surface area (Å²) in [7, 11) is 1.61. The fourth-order valence-electron chi connectivity index (χ4n) is 4.17.